The number of alkyl halides is 3. The normalized spacial score (nSPS) is 11.9. The fourth-order valence-electron chi connectivity index (χ4n) is 1.21. The number of carbonyl (C=O) groups excluding carboxylic acids is 1. The van der Waals surface area contributed by atoms with E-state index in [2.05, 4.69) is 0 Å². The van der Waals surface area contributed by atoms with Gasteiger partial charge in [-0.15, -0.1) is 0 Å². The molecule has 0 aliphatic carbocycles. The zero-order chi connectivity index (χ0) is 12.5. The third-order valence-electron chi connectivity index (χ3n) is 2.01. The van der Waals surface area contributed by atoms with E-state index in [1.807, 2.05) is 0 Å². The molecule has 0 saturated heterocycles. The lowest BCUT2D eigenvalue weighted by Crippen LogP contribution is -2.27. The number of carbonyl (C=O) groups is 1. The summed E-state index contributed by atoms with van der Waals surface area (Å²) in [5.41, 5.74) is -0.963. The maximum absolute atomic E-state index is 12.1. The number of rotatable bonds is 2. The largest absolute Gasteiger partial charge is 0.454 e. The quantitative estimate of drug-likeness (QED) is 0.734. The molecule has 0 fully saturated rings. The van der Waals surface area contributed by atoms with Crippen LogP contribution < -0.4 is 5.56 Å². The van der Waals surface area contributed by atoms with Gasteiger partial charge in [0.15, 0.2) is 0 Å². The standard InChI is InChI=1S/C10H10F3NO2/c1-6(2)14-5-7(3-4-8(14)15)9(16)10(11,12)13/h3-6H,1-2H3. The van der Waals surface area contributed by atoms with E-state index in [0.29, 0.717) is 0 Å². The summed E-state index contributed by atoms with van der Waals surface area (Å²) < 4.78 is 37.5. The zero-order valence-electron chi connectivity index (χ0n) is 8.71. The van der Waals surface area contributed by atoms with E-state index in [-0.39, 0.29) is 6.04 Å². The summed E-state index contributed by atoms with van der Waals surface area (Å²) >= 11 is 0. The monoisotopic (exact) mass is 233 g/mol. The van der Waals surface area contributed by atoms with E-state index in [1.54, 1.807) is 13.8 Å². The van der Waals surface area contributed by atoms with Crippen LogP contribution in [0.2, 0.25) is 0 Å². The van der Waals surface area contributed by atoms with Gasteiger partial charge in [-0.2, -0.15) is 13.2 Å². The summed E-state index contributed by atoms with van der Waals surface area (Å²) in [7, 11) is 0. The number of pyridine rings is 1. The molecular formula is C10H10F3NO2. The summed E-state index contributed by atoms with van der Waals surface area (Å²) in [5.74, 6) is -1.94. The Labute approximate surface area is 89.5 Å². The van der Waals surface area contributed by atoms with Crippen LogP contribution in [0.1, 0.15) is 30.2 Å². The molecule has 0 aliphatic heterocycles. The average Bonchev–Trinajstić information content (AvgIpc) is 2.15. The Kier molecular flexibility index (Phi) is 3.21. The van der Waals surface area contributed by atoms with E-state index < -0.39 is 23.1 Å². The minimum absolute atomic E-state index is 0.298. The predicted molar refractivity (Wildman–Crippen MR) is 51.5 cm³/mol. The van der Waals surface area contributed by atoms with Crippen LogP contribution in [0, 0.1) is 0 Å². The van der Waals surface area contributed by atoms with E-state index in [1.165, 1.54) is 0 Å². The Morgan fingerprint density at radius 1 is 1.31 bits per heavy atom. The number of halogens is 3. The molecule has 0 radical (unpaired) electrons. The first-order chi connectivity index (χ1) is 7.23. The van der Waals surface area contributed by atoms with Crippen molar-refractivity contribution in [2.75, 3.05) is 0 Å². The van der Waals surface area contributed by atoms with Crippen LogP contribution in [0.25, 0.3) is 0 Å². The lowest BCUT2D eigenvalue weighted by Gasteiger charge is -2.11. The van der Waals surface area contributed by atoms with E-state index >= 15 is 0 Å². The van der Waals surface area contributed by atoms with Gasteiger partial charge in [-0.1, -0.05) is 0 Å². The van der Waals surface area contributed by atoms with Crippen molar-refractivity contribution >= 4 is 5.78 Å². The molecule has 0 saturated carbocycles. The van der Waals surface area contributed by atoms with Gasteiger partial charge in [0.1, 0.15) is 0 Å². The van der Waals surface area contributed by atoms with Gasteiger partial charge >= 0.3 is 6.18 Å². The minimum atomic E-state index is -4.92. The van der Waals surface area contributed by atoms with Gasteiger partial charge < -0.3 is 4.57 Å². The highest BCUT2D eigenvalue weighted by molar-refractivity contribution is 5.99. The van der Waals surface area contributed by atoms with E-state index in [9.17, 15) is 22.8 Å². The number of ketones is 1. The average molecular weight is 233 g/mol. The highest BCUT2D eigenvalue weighted by Gasteiger charge is 2.39. The Morgan fingerprint density at radius 2 is 1.88 bits per heavy atom. The SMILES string of the molecule is CC(C)n1cc(C(=O)C(F)(F)F)ccc1=O. The molecule has 0 aromatic carbocycles. The summed E-state index contributed by atoms with van der Waals surface area (Å²) in [5, 5.41) is 0. The highest BCUT2D eigenvalue weighted by Crippen LogP contribution is 2.21. The smallest absolute Gasteiger partial charge is 0.312 e. The highest BCUT2D eigenvalue weighted by atomic mass is 19.4. The van der Waals surface area contributed by atoms with Crippen LogP contribution in [0.15, 0.2) is 23.1 Å². The minimum Gasteiger partial charge on any atom is -0.312 e. The summed E-state index contributed by atoms with van der Waals surface area (Å²) in [6, 6.07) is 1.55. The van der Waals surface area contributed by atoms with Gasteiger partial charge in [-0.25, -0.2) is 0 Å². The molecule has 88 valence electrons. The van der Waals surface area contributed by atoms with Crippen molar-refractivity contribution < 1.29 is 18.0 Å². The molecular weight excluding hydrogens is 223 g/mol. The van der Waals surface area contributed by atoms with Crippen molar-refractivity contribution in [3.05, 3.63) is 34.2 Å². The molecule has 1 heterocycles. The van der Waals surface area contributed by atoms with Crippen molar-refractivity contribution in [2.45, 2.75) is 26.1 Å². The number of nitrogens with zero attached hydrogens (tertiary/aromatic N) is 1. The maximum Gasteiger partial charge on any atom is 0.454 e. The molecule has 0 spiro atoms. The molecule has 0 N–H and O–H groups in total. The molecule has 0 aliphatic rings. The molecule has 1 aromatic rings. The molecule has 6 heteroatoms. The summed E-state index contributed by atoms with van der Waals surface area (Å²) in [6.07, 6.45) is -3.98. The van der Waals surface area contributed by atoms with Crippen molar-refractivity contribution in [1.82, 2.24) is 4.57 Å². The second kappa shape index (κ2) is 4.11. The molecule has 0 amide bonds. The Bertz CT molecular complexity index is 460. The fraction of sp³-hybridized carbons (Fsp3) is 0.400. The third kappa shape index (κ3) is 2.50. The van der Waals surface area contributed by atoms with Crippen LogP contribution in [0.4, 0.5) is 13.2 Å². The Morgan fingerprint density at radius 3 is 2.31 bits per heavy atom. The van der Waals surface area contributed by atoms with Crippen LogP contribution >= 0.6 is 0 Å². The topological polar surface area (TPSA) is 39.1 Å². The van der Waals surface area contributed by atoms with E-state index in [4.69, 9.17) is 0 Å². The maximum atomic E-state index is 12.1. The fourth-order valence-corrected chi connectivity index (χ4v) is 1.21. The van der Waals surface area contributed by atoms with Crippen LogP contribution in [-0.4, -0.2) is 16.5 Å². The number of aromatic nitrogens is 1. The number of Topliss-reactive ketones (excluding diaryl/α,β-unsaturated/α-hetero) is 1. The molecule has 16 heavy (non-hydrogen) atoms. The van der Waals surface area contributed by atoms with Crippen molar-refractivity contribution in [1.29, 1.82) is 0 Å². The van der Waals surface area contributed by atoms with Gasteiger partial charge in [0.2, 0.25) is 0 Å². The first-order valence-electron chi connectivity index (χ1n) is 4.57. The number of hydrogen-bond acceptors (Lipinski definition) is 2. The number of hydrogen-bond donors (Lipinski definition) is 0. The summed E-state index contributed by atoms with van der Waals surface area (Å²) in [4.78, 5) is 22.2. The first-order valence-corrected chi connectivity index (χ1v) is 4.57. The van der Waals surface area contributed by atoms with Gasteiger partial charge in [-0.05, 0) is 19.9 Å². The van der Waals surface area contributed by atoms with Crippen molar-refractivity contribution in [3.8, 4) is 0 Å². The lowest BCUT2D eigenvalue weighted by atomic mass is 10.2. The molecule has 0 bridgehead atoms. The predicted octanol–water partition coefficient (Wildman–Crippen LogP) is 2.17. The lowest BCUT2D eigenvalue weighted by molar-refractivity contribution is -0.0885. The summed E-state index contributed by atoms with van der Waals surface area (Å²) in [6.45, 7) is 3.28. The zero-order valence-corrected chi connectivity index (χ0v) is 8.71. The van der Waals surface area contributed by atoms with Crippen molar-refractivity contribution in [3.63, 3.8) is 0 Å². The van der Waals surface area contributed by atoms with Crippen LogP contribution in [-0.2, 0) is 0 Å². The second-order valence-corrected chi connectivity index (χ2v) is 3.58. The van der Waals surface area contributed by atoms with Crippen LogP contribution in [0.5, 0.6) is 0 Å². The molecule has 1 aromatic heterocycles. The van der Waals surface area contributed by atoms with Gasteiger partial charge in [-0.3, -0.25) is 9.59 Å². The van der Waals surface area contributed by atoms with Gasteiger partial charge in [0.05, 0.1) is 0 Å². The Balaban J connectivity index is 3.24. The second-order valence-electron chi connectivity index (χ2n) is 3.58. The van der Waals surface area contributed by atoms with E-state index in [0.717, 1.165) is 22.9 Å². The third-order valence-corrected chi connectivity index (χ3v) is 2.01. The molecule has 0 unspecified atom stereocenters. The molecule has 3 nitrogen and oxygen atoms in total. The Hall–Kier alpha value is -1.59. The molecule has 1 rings (SSSR count). The first kappa shape index (κ1) is 12.5. The van der Waals surface area contributed by atoms with Crippen LogP contribution in [0.3, 0.4) is 0 Å². The van der Waals surface area contributed by atoms with Gasteiger partial charge in [0.25, 0.3) is 11.3 Å². The van der Waals surface area contributed by atoms with Gasteiger partial charge in [0, 0.05) is 23.9 Å². The van der Waals surface area contributed by atoms with Crippen molar-refractivity contribution in [2.24, 2.45) is 0 Å². The molecule has 0 atom stereocenters.